The Morgan fingerprint density at radius 3 is 2.00 bits per heavy atom. The fourth-order valence-corrected chi connectivity index (χ4v) is 2.44. The topological polar surface area (TPSA) is 0 Å². The lowest BCUT2D eigenvalue weighted by molar-refractivity contribution is 0.446. The monoisotopic (exact) mass is 138 g/mol. The van der Waals surface area contributed by atoms with Crippen molar-refractivity contribution >= 4 is 0 Å². The van der Waals surface area contributed by atoms with Gasteiger partial charge < -0.3 is 0 Å². The Bertz CT molecular complexity index is 149. The molecular formula is C10H18. The minimum atomic E-state index is 0.620. The Balaban J connectivity index is 2.73. The van der Waals surface area contributed by atoms with Gasteiger partial charge >= 0.3 is 0 Å². The number of rotatable bonds is 2. The second-order valence-corrected chi connectivity index (χ2v) is 3.33. The third-order valence-corrected chi connectivity index (χ3v) is 3.36. The van der Waals surface area contributed by atoms with E-state index in [-0.39, 0.29) is 0 Å². The van der Waals surface area contributed by atoms with Gasteiger partial charge in [0.2, 0.25) is 0 Å². The van der Waals surface area contributed by atoms with Gasteiger partial charge in [-0.25, -0.2) is 0 Å². The maximum Gasteiger partial charge on any atom is -0.00275 e. The molecule has 0 radical (unpaired) electrons. The summed E-state index contributed by atoms with van der Waals surface area (Å²) in [6.07, 6.45) is 4.95. The number of hydrogen-bond donors (Lipinski definition) is 0. The predicted octanol–water partition coefficient (Wildman–Crippen LogP) is 3.39. The Morgan fingerprint density at radius 2 is 1.90 bits per heavy atom. The third-order valence-electron chi connectivity index (χ3n) is 3.36. The van der Waals surface area contributed by atoms with Gasteiger partial charge in [-0.05, 0) is 31.1 Å². The predicted molar refractivity (Wildman–Crippen MR) is 45.9 cm³/mol. The van der Waals surface area contributed by atoms with Crippen LogP contribution >= 0.6 is 0 Å². The van der Waals surface area contributed by atoms with E-state index >= 15 is 0 Å². The largest absolute Gasteiger partial charge is 0.0876 e. The third kappa shape index (κ3) is 0.744. The second-order valence-electron chi connectivity index (χ2n) is 3.33. The van der Waals surface area contributed by atoms with Crippen LogP contribution in [0.15, 0.2) is 11.6 Å². The van der Waals surface area contributed by atoms with E-state index in [1.54, 1.807) is 5.57 Å². The van der Waals surface area contributed by atoms with Crippen LogP contribution in [-0.4, -0.2) is 0 Å². The SMILES string of the molecule is CC=C1C(C)C1(CC)CC. The first kappa shape index (κ1) is 7.84. The van der Waals surface area contributed by atoms with E-state index < -0.39 is 0 Å². The molecule has 0 amide bonds. The molecule has 58 valence electrons. The van der Waals surface area contributed by atoms with E-state index in [0.717, 1.165) is 5.92 Å². The van der Waals surface area contributed by atoms with Crippen molar-refractivity contribution in [1.29, 1.82) is 0 Å². The van der Waals surface area contributed by atoms with E-state index in [4.69, 9.17) is 0 Å². The second kappa shape index (κ2) is 2.41. The quantitative estimate of drug-likeness (QED) is 0.513. The van der Waals surface area contributed by atoms with Gasteiger partial charge in [-0.2, -0.15) is 0 Å². The first-order chi connectivity index (χ1) is 4.72. The molecule has 0 aromatic carbocycles. The molecule has 0 aromatic heterocycles. The molecule has 0 aliphatic heterocycles. The molecule has 1 saturated carbocycles. The molecule has 0 heteroatoms. The average molecular weight is 138 g/mol. The lowest BCUT2D eigenvalue weighted by Crippen LogP contribution is -1.97. The molecule has 1 aliphatic carbocycles. The van der Waals surface area contributed by atoms with Crippen LogP contribution < -0.4 is 0 Å². The molecule has 0 bridgehead atoms. The Morgan fingerprint density at radius 1 is 1.40 bits per heavy atom. The Hall–Kier alpha value is -0.260. The van der Waals surface area contributed by atoms with Crippen molar-refractivity contribution in [3.8, 4) is 0 Å². The number of allylic oxidation sites excluding steroid dienone is 2. The molecule has 10 heavy (non-hydrogen) atoms. The van der Waals surface area contributed by atoms with Crippen LogP contribution in [0.2, 0.25) is 0 Å². The smallest absolute Gasteiger partial charge is 0.00275 e. The zero-order chi connectivity index (χ0) is 7.78. The van der Waals surface area contributed by atoms with Crippen LogP contribution in [0.4, 0.5) is 0 Å². The van der Waals surface area contributed by atoms with Gasteiger partial charge in [0.25, 0.3) is 0 Å². The van der Waals surface area contributed by atoms with Gasteiger partial charge in [-0.15, -0.1) is 0 Å². The maximum atomic E-state index is 2.35. The normalized spacial score (nSPS) is 32.8. The lowest BCUT2D eigenvalue weighted by atomic mass is 9.97. The van der Waals surface area contributed by atoms with E-state index in [0.29, 0.717) is 5.41 Å². The van der Waals surface area contributed by atoms with E-state index in [2.05, 4.69) is 33.8 Å². The minimum Gasteiger partial charge on any atom is -0.0876 e. The van der Waals surface area contributed by atoms with Crippen molar-refractivity contribution in [3.63, 3.8) is 0 Å². The summed E-state index contributed by atoms with van der Waals surface area (Å²) >= 11 is 0. The standard InChI is InChI=1S/C10H18/c1-5-9-8(4)10(9,6-2)7-3/h5,8H,6-7H2,1-4H3. The highest BCUT2D eigenvalue weighted by atomic mass is 14.6. The molecule has 0 heterocycles. The molecular weight excluding hydrogens is 120 g/mol. The van der Waals surface area contributed by atoms with E-state index in [1.165, 1.54) is 12.8 Å². The summed E-state index contributed by atoms with van der Waals surface area (Å²) in [5.74, 6) is 0.868. The van der Waals surface area contributed by atoms with Gasteiger partial charge in [0.1, 0.15) is 0 Å². The van der Waals surface area contributed by atoms with Crippen molar-refractivity contribution in [2.24, 2.45) is 11.3 Å². The van der Waals surface area contributed by atoms with Crippen molar-refractivity contribution in [2.45, 2.75) is 40.5 Å². The van der Waals surface area contributed by atoms with E-state index in [9.17, 15) is 0 Å². The van der Waals surface area contributed by atoms with E-state index in [1.807, 2.05) is 0 Å². The Labute approximate surface area is 64.3 Å². The van der Waals surface area contributed by atoms with Crippen LogP contribution in [0.1, 0.15) is 40.5 Å². The van der Waals surface area contributed by atoms with Gasteiger partial charge in [0.05, 0.1) is 0 Å². The summed E-state index contributed by atoms with van der Waals surface area (Å²) in [7, 11) is 0. The van der Waals surface area contributed by atoms with Crippen LogP contribution in [-0.2, 0) is 0 Å². The number of hydrogen-bond acceptors (Lipinski definition) is 0. The van der Waals surface area contributed by atoms with Crippen molar-refractivity contribution in [3.05, 3.63) is 11.6 Å². The van der Waals surface area contributed by atoms with Crippen LogP contribution in [0.5, 0.6) is 0 Å². The van der Waals surface area contributed by atoms with Crippen LogP contribution in [0, 0.1) is 11.3 Å². The summed E-state index contributed by atoms with van der Waals surface area (Å²) in [6, 6.07) is 0. The van der Waals surface area contributed by atoms with Gasteiger partial charge in [0, 0.05) is 0 Å². The van der Waals surface area contributed by atoms with Crippen molar-refractivity contribution < 1.29 is 0 Å². The summed E-state index contributed by atoms with van der Waals surface area (Å²) in [6.45, 7) is 9.12. The molecule has 1 fully saturated rings. The van der Waals surface area contributed by atoms with Gasteiger partial charge in [0.15, 0.2) is 0 Å². The maximum absolute atomic E-state index is 2.35. The fraction of sp³-hybridized carbons (Fsp3) is 0.800. The Kier molecular flexibility index (Phi) is 1.89. The molecule has 0 N–H and O–H groups in total. The first-order valence-corrected chi connectivity index (χ1v) is 4.39. The molecule has 0 nitrogen and oxygen atoms in total. The highest BCUT2D eigenvalue weighted by molar-refractivity contribution is 5.36. The van der Waals surface area contributed by atoms with Gasteiger partial charge in [-0.3, -0.25) is 0 Å². The molecule has 0 aromatic rings. The molecule has 0 saturated heterocycles. The summed E-state index contributed by atoms with van der Waals surface area (Å²) in [5, 5.41) is 0. The minimum absolute atomic E-state index is 0.620. The molecule has 0 spiro atoms. The zero-order valence-electron chi connectivity index (χ0n) is 7.57. The van der Waals surface area contributed by atoms with Crippen molar-refractivity contribution in [1.82, 2.24) is 0 Å². The zero-order valence-corrected chi connectivity index (χ0v) is 7.57. The molecule has 1 atom stereocenters. The highest BCUT2D eigenvalue weighted by Gasteiger charge is 2.52. The fourth-order valence-electron chi connectivity index (χ4n) is 2.44. The first-order valence-electron chi connectivity index (χ1n) is 4.39. The molecule has 1 aliphatic rings. The van der Waals surface area contributed by atoms with Gasteiger partial charge in [-0.1, -0.05) is 32.4 Å². The van der Waals surface area contributed by atoms with Crippen LogP contribution in [0.25, 0.3) is 0 Å². The molecule has 1 unspecified atom stereocenters. The highest BCUT2D eigenvalue weighted by Crippen LogP contribution is 2.62. The van der Waals surface area contributed by atoms with Crippen molar-refractivity contribution in [2.75, 3.05) is 0 Å². The average Bonchev–Trinajstić information content (AvgIpc) is 2.56. The summed E-state index contributed by atoms with van der Waals surface area (Å²) < 4.78 is 0. The summed E-state index contributed by atoms with van der Waals surface area (Å²) in [4.78, 5) is 0. The van der Waals surface area contributed by atoms with Crippen LogP contribution in [0.3, 0.4) is 0 Å². The molecule has 1 rings (SSSR count). The lowest BCUT2D eigenvalue weighted by Gasteiger charge is -2.07. The summed E-state index contributed by atoms with van der Waals surface area (Å²) in [5.41, 5.74) is 2.31.